The Kier molecular flexibility index (Phi) is 5.30. The minimum atomic E-state index is 0.644. The molecule has 2 heterocycles. The molecule has 0 radical (unpaired) electrons. The van der Waals surface area contributed by atoms with Crippen LogP contribution in [0.3, 0.4) is 0 Å². The molecule has 1 aliphatic rings. The lowest BCUT2D eigenvalue weighted by Crippen LogP contribution is -2.31. The van der Waals surface area contributed by atoms with E-state index >= 15 is 0 Å². The molecule has 3 nitrogen and oxygen atoms in total. The molecule has 1 fully saturated rings. The van der Waals surface area contributed by atoms with Crippen LogP contribution < -0.4 is 4.90 Å². The molecule has 0 saturated carbocycles. The van der Waals surface area contributed by atoms with E-state index in [0.29, 0.717) is 5.56 Å². The van der Waals surface area contributed by atoms with Crippen molar-refractivity contribution >= 4 is 23.5 Å². The van der Waals surface area contributed by atoms with Gasteiger partial charge in [-0.2, -0.15) is 5.26 Å². The Balaban J connectivity index is 1.62. The monoisotopic (exact) mass is 335 g/mol. The van der Waals surface area contributed by atoms with Crippen molar-refractivity contribution in [3.8, 4) is 6.07 Å². The van der Waals surface area contributed by atoms with Crippen LogP contribution in [0.25, 0.3) is 6.08 Å². The van der Waals surface area contributed by atoms with Crippen LogP contribution in [0.15, 0.2) is 60.3 Å². The van der Waals surface area contributed by atoms with Gasteiger partial charge in [0.05, 0.1) is 5.56 Å². The van der Waals surface area contributed by atoms with Gasteiger partial charge >= 0.3 is 0 Å². The van der Waals surface area contributed by atoms with E-state index in [2.05, 4.69) is 34.2 Å². The van der Waals surface area contributed by atoms with E-state index < -0.39 is 0 Å². The number of hydrogen-bond donors (Lipinski definition) is 0. The quantitative estimate of drug-likeness (QED) is 0.805. The fraction of sp³-hybridized carbons (Fsp3) is 0.200. The molecule has 2 aromatic rings. The topological polar surface area (TPSA) is 39.9 Å². The number of pyridine rings is 1. The van der Waals surface area contributed by atoms with Crippen molar-refractivity contribution in [3.63, 3.8) is 0 Å². The summed E-state index contributed by atoms with van der Waals surface area (Å²) in [5.74, 6) is 0.800. The summed E-state index contributed by atoms with van der Waals surface area (Å²) in [7, 11) is 0. The van der Waals surface area contributed by atoms with E-state index in [4.69, 9.17) is 11.6 Å². The minimum absolute atomic E-state index is 0.644. The van der Waals surface area contributed by atoms with Crippen molar-refractivity contribution in [1.82, 2.24) is 4.98 Å². The molecule has 4 heteroatoms. The van der Waals surface area contributed by atoms with Crippen molar-refractivity contribution in [2.45, 2.75) is 12.8 Å². The number of allylic oxidation sites excluding steroid dienone is 2. The minimum Gasteiger partial charge on any atom is -0.355 e. The molecule has 1 aromatic carbocycles. The molecule has 0 unspecified atom stereocenters. The Hall–Kier alpha value is -2.57. The second-order valence-electron chi connectivity index (χ2n) is 5.71. The smallest absolute Gasteiger partial charge is 0.146 e. The molecule has 0 bridgehead atoms. The predicted molar refractivity (Wildman–Crippen MR) is 99.0 cm³/mol. The number of nitriles is 1. The van der Waals surface area contributed by atoms with Crippen molar-refractivity contribution in [3.05, 3.63) is 76.5 Å². The summed E-state index contributed by atoms with van der Waals surface area (Å²) in [5, 5.41) is 9.95. The molecule has 0 N–H and O–H groups in total. The highest BCUT2D eigenvalue weighted by atomic mass is 35.5. The van der Waals surface area contributed by atoms with Gasteiger partial charge < -0.3 is 4.90 Å². The van der Waals surface area contributed by atoms with Crippen LogP contribution in [0.2, 0.25) is 5.02 Å². The first-order chi connectivity index (χ1) is 11.8. The Morgan fingerprint density at radius 1 is 1.17 bits per heavy atom. The average Bonchev–Trinajstić information content (AvgIpc) is 2.62. The normalized spacial score (nSPS) is 14.7. The largest absolute Gasteiger partial charge is 0.355 e. The number of anilines is 1. The number of rotatable bonds is 3. The standard InChI is InChI=1S/C20H18ClN3/c21-19-8-2-6-17(14-19)5-1-4-16-9-12-24(13-10-16)20-18(15-22)7-3-11-23-20/h1-8,11,14H,9-10,12-13H2/b5-1+. The fourth-order valence-electron chi connectivity index (χ4n) is 2.81. The second-order valence-corrected chi connectivity index (χ2v) is 6.15. The molecule has 1 saturated heterocycles. The Morgan fingerprint density at radius 2 is 2.00 bits per heavy atom. The van der Waals surface area contributed by atoms with Crippen LogP contribution in [0.4, 0.5) is 5.82 Å². The SMILES string of the molecule is N#Cc1cccnc1N1CCC(=C/C=C/c2cccc(Cl)c2)CC1. The lowest BCUT2D eigenvalue weighted by Gasteiger charge is -2.29. The number of aromatic nitrogens is 1. The van der Waals surface area contributed by atoms with Gasteiger partial charge in [0, 0.05) is 24.3 Å². The third kappa shape index (κ3) is 4.04. The zero-order valence-electron chi connectivity index (χ0n) is 13.3. The van der Waals surface area contributed by atoms with Crippen LogP contribution in [-0.2, 0) is 0 Å². The van der Waals surface area contributed by atoms with E-state index in [1.54, 1.807) is 12.3 Å². The maximum atomic E-state index is 9.20. The number of benzene rings is 1. The van der Waals surface area contributed by atoms with E-state index in [1.807, 2.05) is 30.3 Å². The highest BCUT2D eigenvalue weighted by Gasteiger charge is 2.17. The molecule has 24 heavy (non-hydrogen) atoms. The van der Waals surface area contributed by atoms with E-state index in [-0.39, 0.29) is 0 Å². The van der Waals surface area contributed by atoms with Crippen molar-refractivity contribution in [2.75, 3.05) is 18.0 Å². The molecule has 0 atom stereocenters. The number of nitrogens with zero attached hydrogens (tertiary/aromatic N) is 3. The Bertz CT molecular complexity index is 808. The molecule has 0 spiro atoms. The van der Waals surface area contributed by atoms with Crippen LogP contribution in [0.1, 0.15) is 24.0 Å². The van der Waals surface area contributed by atoms with Gasteiger partial charge in [0.1, 0.15) is 11.9 Å². The molecule has 0 aliphatic carbocycles. The molecule has 1 aliphatic heterocycles. The Morgan fingerprint density at radius 3 is 2.75 bits per heavy atom. The lowest BCUT2D eigenvalue weighted by molar-refractivity contribution is 0.676. The van der Waals surface area contributed by atoms with Crippen LogP contribution in [-0.4, -0.2) is 18.1 Å². The fourth-order valence-corrected chi connectivity index (χ4v) is 3.01. The van der Waals surface area contributed by atoms with Gasteiger partial charge in [-0.05, 0) is 42.7 Å². The summed E-state index contributed by atoms with van der Waals surface area (Å²) in [6.45, 7) is 1.78. The van der Waals surface area contributed by atoms with Crippen LogP contribution >= 0.6 is 11.6 Å². The molecule has 120 valence electrons. The predicted octanol–water partition coefficient (Wildman–Crippen LogP) is 4.85. The summed E-state index contributed by atoms with van der Waals surface area (Å²) in [4.78, 5) is 6.56. The summed E-state index contributed by atoms with van der Waals surface area (Å²) >= 11 is 5.99. The summed E-state index contributed by atoms with van der Waals surface area (Å²) in [5.41, 5.74) is 3.16. The van der Waals surface area contributed by atoms with Gasteiger partial charge in [0.15, 0.2) is 0 Å². The number of halogens is 1. The van der Waals surface area contributed by atoms with Crippen molar-refractivity contribution in [1.29, 1.82) is 5.26 Å². The number of piperidine rings is 1. The van der Waals surface area contributed by atoms with E-state index in [9.17, 15) is 5.26 Å². The third-order valence-electron chi connectivity index (χ3n) is 4.08. The van der Waals surface area contributed by atoms with Gasteiger partial charge in [0.2, 0.25) is 0 Å². The van der Waals surface area contributed by atoms with Gasteiger partial charge in [-0.3, -0.25) is 0 Å². The summed E-state index contributed by atoms with van der Waals surface area (Å²) < 4.78 is 0. The molecule has 0 amide bonds. The van der Waals surface area contributed by atoms with E-state index in [0.717, 1.165) is 42.3 Å². The molecule has 1 aromatic heterocycles. The maximum absolute atomic E-state index is 9.20. The second kappa shape index (κ2) is 7.81. The maximum Gasteiger partial charge on any atom is 0.146 e. The Labute approximate surface area is 147 Å². The lowest BCUT2D eigenvalue weighted by atomic mass is 10.0. The van der Waals surface area contributed by atoms with Crippen LogP contribution in [0, 0.1) is 11.3 Å². The molecular formula is C20H18ClN3. The summed E-state index contributed by atoms with van der Waals surface area (Å²) in [6.07, 6.45) is 10.1. The third-order valence-corrected chi connectivity index (χ3v) is 4.32. The van der Waals surface area contributed by atoms with Crippen LogP contribution in [0.5, 0.6) is 0 Å². The van der Waals surface area contributed by atoms with Crippen molar-refractivity contribution in [2.24, 2.45) is 0 Å². The van der Waals surface area contributed by atoms with Gasteiger partial charge in [-0.25, -0.2) is 4.98 Å². The first-order valence-corrected chi connectivity index (χ1v) is 8.36. The van der Waals surface area contributed by atoms with E-state index in [1.165, 1.54) is 5.57 Å². The van der Waals surface area contributed by atoms with Gasteiger partial charge in [0.25, 0.3) is 0 Å². The first-order valence-electron chi connectivity index (χ1n) is 7.98. The van der Waals surface area contributed by atoms with Crippen molar-refractivity contribution < 1.29 is 0 Å². The first kappa shape index (κ1) is 16.3. The molecule has 3 rings (SSSR count). The highest BCUT2D eigenvalue weighted by molar-refractivity contribution is 6.30. The zero-order valence-corrected chi connectivity index (χ0v) is 14.1. The van der Waals surface area contributed by atoms with Gasteiger partial charge in [-0.15, -0.1) is 0 Å². The van der Waals surface area contributed by atoms with Gasteiger partial charge in [-0.1, -0.05) is 47.5 Å². The average molecular weight is 336 g/mol. The zero-order chi connectivity index (χ0) is 16.8. The molecular weight excluding hydrogens is 318 g/mol. The highest BCUT2D eigenvalue weighted by Crippen LogP contribution is 2.23. The number of hydrogen-bond acceptors (Lipinski definition) is 3. The summed E-state index contributed by atoms with van der Waals surface area (Å²) in [6, 6.07) is 13.7.